The van der Waals surface area contributed by atoms with Gasteiger partial charge in [0.15, 0.2) is 0 Å². The molecule has 0 radical (unpaired) electrons. The summed E-state index contributed by atoms with van der Waals surface area (Å²) in [5.74, 6) is -0.897. The van der Waals surface area contributed by atoms with Crippen LogP contribution in [0.5, 0.6) is 0 Å². The Kier molecular flexibility index (Phi) is 4.42. The number of urea groups is 1. The van der Waals surface area contributed by atoms with Crippen LogP contribution in [0, 0.1) is 0 Å². The fraction of sp³-hybridized carbons (Fsp3) is 0.538. The molecule has 0 saturated heterocycles. The number of carbonyl (C=O) groups is 2. The van der Waals surface area contributed by atoms with Crippen molar-refractivity contribution >= 4 is 23.3 Å². The van der Waals surface area contributed by atoms with Crippen LogP contribution in [0.1, 0.15) is 36.2 Å². The molecule has 0 fully saturated rings. The number of carboxylic acid groups (broad SMARTS) is 1. The molecule has 1 aromatic heterocycles. The van der Waals surface area contributed by atoms with Crippen molar-refractivity contribution in [3.8, 4) is 0 Å². The van der Waals surface area contributed by atoms with Gasteiger partial charge in [-0.1, -0.05) is 6.92 Å². The third kappa shape index (κ3) is 3.07. The molecule has 1 aliphatic rings. The highest BCUT2D eigenvalue weighted by molar-refractivity contribution is 7.10. The number of amides is 2. The summed E-state index contributed by atoms with van der Waals surface area (Å²) in [6.07, 6.45) is 1.71. The van der Waals surface area contributed by atoms with Crippen LogP contribution in [0.2, 0.25) is 0 Å². The maximum absolute atomic E-state index is 12.1. The first-order chi connectivity index (χ1) is 9.13. The van der Waals surface area contributed by atoms with E-state index in [1.807, 2.05) is 4.90 Å². The highest BCUT2D eigenvalue weighted by Gasteiger charge is 2.30. The molecule has 2 rings (SSSR count). The van der Waals surface area contributed by atoms with Crippen molar-refractivity contribution in [2.24, 2.45) is 0 Å². The predicted octanol–water partition coefficient (Wildman–Crippen LogP) is 2.24. The number of nitrogens with one attached hydrogen (secondary N) is 1. The number of aliphatic carboxylic acids is 1. The van der Waals surface area contributed by atoms with Crippen molar-refractivity contribution in [3.05, 3.63) is 21.9 Å². The van der Waals surface area contributed by atoms with Crippen LogP contribution in [0.15, 0.2) is 11.4 Å². The highest BCUT2D eigenvalue weighted by atomic mass is 32.1. The van der Waals surface area contributed by atoms with Crippen molar-refractivity contribution in [3.63, 3.8) is 0 Å². The Hall–Kier alpha value is -1.56. The SMILES string of the molecule is CCC1c2ccsc2CCN1C(=O)NCCC(=O)O. The van der Waals surface area contributed by atoms with E-state index in [-0.39, 0.29) is 25.0 Å². The van der Waals surface area contributed by atoms with E-state index < -0.39 is 5.97 Å². The molecular weight excluding hydrogens is 264 g/mol. The molecule has 2 N–H and O–H groups in total. The number of carboxylic acids is 1. The summed E-state index contributed by atoms with van der Waals surface area (Å²) in [5.41, 5.74) is 1.24. The van der Waals surface area contributed by atoms with Crippen molar-refractivity contribution < 1.29 is 14.7 Å². The lowest BCUT2D eigenvalue weighted by atomic mass is 9.98. The molecule has 0 bridgehead atoms. The van der Waals surface area contributed by atoms with Gasteiger partial charge in [-0.15, -0.1) is 11.3 Å². The van der Waals surface area contributed by atoms with Gasteiger partial charge in [-0.05, 0) is 29.9 Å². The Morgan fingerprint density at radius 2 is 2.37 bits per heavy atom. The average molecular weight is 282 g/mol. The zero-order chi connectivity index (χ0) is 13.8. The van der Waals surface area contributed by atoms with Crippen LogP contribution in [0.3, 0.4) is 0 Å². The summed E-state index contributed by atoms with van der Waals surface area (Å²) in [7, 11) is 0. The van der Waals surface area contributed by atoms with Crippen molar-refractivity contribution in [2.75, 3.05) is 13.1 Å². The Balaban J connectivity index is 2.00. The second-order valence-electron chi connectivity index (χ2n) is 4.54. The maximum atomic E-state index is 12.1. The number of hydrogen-bond donors (Lipinski definition) is 2. The molecule has 104 valence electrons. The predicted molar refractivity (Wildman–Crippen MR) is 73.4 cm³/mol. The van der Waals surface area contributed by atoms with Gasteiger partial charge in [0.05, 0.1) is 12.5 Å². The van der Waals surface area contributed by atoms with Gasteiger partial charge in [0.1, 0.15) is 0 Å². The molecule has 1 aliphatic heterocycles. The number of fused-ring (bicyclic) bond motifs is 1. The van der Waals surface area contributed by atoms with Crippen LogP contribution in [0.25, 0.3) is 0 Å². The average Bonchev–Trinajstić information content (AvgIpc) is 2.85. The number of thiophene rings is 1. The van der Waals surface area contributed by atoms with Crippen LogP contribution >= 0.6 is 11.3 Å². The minimum absolute atomic E-state index is 0.0416. The Morgan fingerprint density at radius 3 is 3.05 bits per heavy atom. The van der Waals surface area contributed by atoms with E-state index in [0.29, 0.717) is 6.54 Å². The molecule has 1 unspecified atom stereocenters. The second kappa shape index (κ2) is 6.06. The Morgan fingerprint density at radius 1 is 1.58 bits per heavy atom. The topological polar surface area (TPSA) is 69.6 Å². The zero-order valence-electron chi connectivity index (χ0n) is 10.9. The molecule has 0 spiro atoms. The first kappa shape index (κ1) is 13.9. The Bertz CT molecular complexity index is 472. The maximum Gasteiger partial charge on any atom is 0.317 e. The number of nitrogens with zero attached hydrogens (tertiary/aromatic N) is 1. The van der Waals surface area contributed by atoms with Gasteiger partial charge in [0.25, 0.3) is 0 Å². The minimum atomic E-state index is -0.897. The summed E-state index contributed by atoms with van der Waals surface area (Å²) in [4.78, 5) is 25.7. The van der Waals surface area contributed by atoms with Crippen LogP contribution in [-0.2, 0) is 11.2 Å². The van der Waals surface area contributed by atoms with E-state index >= 15 is 0 Å². The number of hydrogen-bond acceptors (Lipinski definition) is 3. The summed E-state index contributed by atoms with van der Waals surface area (Å²) < 4.78 is 0. The van der Waals surface area contributed by atoms with Crippen LogP contribution in [0.4, 0.5) is 4.79 Å². The standard InChI is InChI=1S/C13H18N2O3S/c1-2-10-9-5-8-19-11(9)4-7-15(10)13(18)14-6-3-12(16)17/h5,8,10H,2-4,6-7H2,1H3,(H,14,18)(H,16,17). The fourth-order valence-corrected chi connectivity index (χ4v) is 3.39. The van der Waals surface area contributed by atoms with Gasteiger partial charge in [-0.3, -0.25) is 4.79 Å². The molecule has 1 aromatic rings. The second-order valence-corrected chi connectivity index (χ2v) is 5.54. The van der Waals surface area contributed by atoms with Gasteiger partial charge in [0.2, 0.25) is 0 Å². The molecule has 19 heavy (non-hydrogen) atoms. The van der Waals surface area contributed by atoms with Gasteiger partial charge in [-0.2, -0.15) is 0 Å². The molecule has 6 heteroatoms. The number of carbonyl (C=O) groups excluding carboxylic acids is 1. The quantitative estimate of drug-likeness (QED) is 0.889. The summed E-state index contributed by atoms with van der Waals surface area (Å²) in [6, 6.07) is 2.04. The van der Waals surface area contributed by atoms with Gasteiger partial charge >= 0.3 is 12.0 Å². The van der Waals surface area contributed by atoms with Gasteiger partial charge in [-0.25, -0.2) is 4.79 Å². The lowest BCUT2D eigenvalue weighted by molar-refractivity contribution is -0.136. The third-order valence-electron chi connectivity index (χ3n) is 3.36. The molecule has 0 aliphatic carbocycles. The monoisotopic (exact) mass is 282 g/mol. The van der Waals surface area contributed by atoms with Crippen LogP contribution in [-0.4, -0.2) is 35.1 Å². The van der Waals surface area contributed by atoms with Crippen molar-refractivity contribution in [1.82, 2.24) is 10.2 Å². The van der Waals surface area contributed by atoms with E-state index in [0.717, 1.165) is 12.8 Å². The largest absolute Gasteiger partial charge is 0.481 e. The number of rotatable bonds is 4. The summed E-state index contributed by atoms with van der Waals surface area (Å²) >= 11 is 1.74. The first-order valence-electron chi connectivity index (χ1n) is 6.46. The normalized spacial score (nSPS) is 17.9. The van der Waals surface area contributed by atoms with Crippen molar-refractivity contribution in [2.45, 2.75) is 32.2 Å². The molecule has 2 heterocycles. The van der Waals surface area contributed by atoms with E-state index in [4.69, 9.17) is 5.11 Å². The van der Waals surface area contributed by atoms with E-state index in [1.54, 1.807) is 11.3 Å². The fourth-order valence-electron chi connectivity index (χ4n) is 2.46. The van der Waals surface area contributed by atoms with E-state index in [9.17, 15) is 9.59 Å². The lowest BCUT2D eigenvalue weighted by Crippen LogP contribution is -2.45. The molecule has 0 aromatic carbocycles. The van der Waals surface area contributed by atoms with E-state index in [2.05, 4.69) is 23.7 Å². The molecule has 1 atom stereocenters. The zero-order valence-corrected chi connectivity index (χ0v) is 11.7. The highest BCUT2D eigenvalue weighted by Crippen LogP contribution is 2.34. The smallest absolute Gasteiger partial charge is 0.317 e. The minimum Gasteiger partial charge on any atom is -0.481 e. The lowest BCUT2D eigenvalue weighted by Gasteiger charge is -2.35. The summed E-state index contributed by atoms with van der Waals surface area (Å²) in [5, 5.41) is 13.3. The molecular formula is C13H18N2O3S. The first-order valence-corrected chi connectivity index (χ1v) is 7.34. The summed E-state index contributed by atoms with van der Waals surface area (Å²) in [6.45, 7) is 2.94. The molecule has 2 amide bonds. The van der Waals surface area contributed by atoms with E-state index in [1.165, 1.54) is 10.4 Å². The molecule has 5 nitrogen and oxygen atoms in total. The van der Waals surface area contributed by atoms with Gasteiger partial charge < -0.3 is 15.3 Å². The van der Waals surface area contributed by atoms with Gasteiger partial charge in [0, 0.05) is 18.0 Å². The third-order valence-corrected chi connectivity index (χ3v) is 4.35. The van der Waals surface area contributed by atoms with Crippen LogP contribution < -0.4 is 5.32 Å². The molecule has 0 saturated carbocycles. The van der Waals surface area contributed by atoms with Crippen molar-refractivity contribution in [1.29, 1.82) is 0 Å². The Labute approximate surface area is 116 Å².